The molecular formula is C34H62O4Si2. The molecule has 2 unspecified atom stereocenters. The van der Waals surface area contributed by atoms with Crippen LogP contribution in [0.2, 0.25) is 36.3 Å². The van der Waals surface area contributed by atoms with Crippen LogP contribution in [-0.4, -0.2) is 48.3 Å². The third-order valence-corrected chi connectivity index (χ3v) is 23.6. The van der Waals surface area contributed by atoms with Gasteiger partial charge in [-0.25, -0.2) is 0 Å². The number of fused-ring (bicyclic) bond motifs is 3. The smallest absolute Gasteiger partial charge is 0.192 e. The summed E-state index contributed by atoms with van der Waals surface area (Å²) in [4.78, 5) is 13.4. The highest BCUT2D eigenvalue weighted by Gasteiger charge is 2.73. The van der Waals surface area contributed by atoms with Gasteiger partial charge in [-0.05, 0) is 98.0 Å². The molecule has 0 spiro atoms. The molecule has 5 rings (SSSR count). The molecule has 0 radical (unpaired) electrons. The molecule has 0 aromatic carbocycles. The Kier molecular flexibility index (Phi) is 7.45. The van der Waals surface area contributed by atoms with E-state index < -0.39 is 16.6 Å². The first-order chi connectivity index (χ1) is 18.2. The van der Waals surface area contributed by atoms with Crippen molar-refractivity contribution in [1.82, 2.24) is 0 Å². The predicted molar refractivity (Wildman–Crippen MR) is 170 cm³/mol. The highest BCUT2D eigenvalue weighted by molar-refractivity contribution is 6.74. The minimum atomic E-state index is -2.03. The summed E-state index contributed by atoms with van der Waals surface area (Å²) in [6.07, 6.45) is 9.07. The van der Waals surface area contributed by atoms with Crippen LogP contribution in [-0.2, 0) is 18.4 Å². The van der Waals surface area contributed by atoms with Crippen molar-refractivity contribution in [3.63, 3.8) is 0 Å². The number of ketones is 1. The summed E-state index contributed by atoms with van der Waals surface area (Å²) in [5.74, 6) is 2.05. The molecule has 4 nitrogen and oxygen atoms in total. The highest BCUT2D eigenvalue weighted by Crippen LogP contribution is 2.74. The van der Waals surface area contributed by atoms with Crippen molar-refractivity contribution in [2.75, 3.05) is 19.8 Å². The van der Waals surface area contributed by atoms with Crippen molar-refractivity contribution in [2.45, 2.75) is 149 Å². The number of ether oxygens (including phenoxy) is 1. The van der Waals surface area contributed by atoms with Gasteiger partial charge in [0.15, 0.2) is 16.6 Å². The summed E-state index contributed by atoms with van der Waals surface area (Å²) in [5, 5.41) is 0.360. The lowest BCUT2D eigenvalue weighted by Gasteiger charge is -2.72. The molecule has 0 amide bonds. The van der Waals surface area contributed by atoms with Crippen molar-refractivity contribution in [2.24, 2.45) is 39.4 Å². The van der Waals surface area contributed by atoms with Crippen molar-refractivity contribution < 1.29 is 18.4 Å². The first kappa shape index (κ1) is 31.4. The Morgan fingerprint density at radius 1 is 0.850 bits per heavy atom. The molecule has 1 saturated heterocycles. The number of Topliss-reactive ketones (excluding diaryl/α,β-unsaturated/α-hetero) is 1. The quantitative estimate of drug-likeness (QED) is 0.300. The Balaban J connectivity index is 1.59. The Morgan fingerprint density at radius 3 is 2.12 bits per heavy atom. The summed E-state index contributed by atoms with van der Waals surface area (Å²) in [5.41, 5.74) is 0.0860. The van der Waals surface area contributed by atoms with Crippen LogP contribution in [0, 0.1) is 39.4 Å². The SMILES string of the molecule is CC(C)(C)[Si](C)(C)OCC12CCCC3(COC1)[C@H]1CC[C@@]4(C)C(=O)CC[C@H]4[C@]1(C)[C@H](O[Si](C)(C)C(C)(C)C)C[C@@H]23. The normalized spacial score (nSPS) is 44.1. The molecule has 1 heterocycles. The van der Waals surface area contributed by atoms with E-state index in [4.69, 9.17) is 13.6 Å². The number of hydrogen-bond acceptors (Lipinski definition) is 4. The van der Waals surface area contributed by atoms with Crippen LogP contribution in [0.5, 0.6) is 0 Å². The lowest BCUT2D eigenvalue weighted by atomic mass is 9.35. The van der Waals surface area contributed by atoms with Gasteiger partial charge in [0.2, 0.25) is 0 Å². The number of hydrogen-bond donors (Lipinski definition) is 0. The van der Waals surface area contributed by atoms with Crippen LogP contribution < -0.4 is 0 Å². The lowest BCUT2D eigenvalue weighted by molar-refractivity contribution is -0.288. The van der Waals surface area contributed by atoms with E-state index in [-0.39, 0.29) is 37.8 Å². The van der Waals surface area contributed by atoms with Crippen LogP contribution in [0.15, 0.2) is 0 Å². The largest absolute Gasteiger partial charge is 0.416 e. The Labute approximate surface area is 248 Å². The number of rotatable bonds is 5. The van der Waals surface area contributed by atoms with E-state index in [0.29, 0.717) is 23.5 Å². The maximum absolute atomic E-state index is 13.4. The van der Waals surface area contributed by atoms with Gasteiger partial charge in [-0.3, -0.25) is 4.79 Å². The first-order valence-electron chi connectivity index (χ1n) is 16.6. The summed E-state index contributed by atoms with van der Waals surface area (Å²) in [6, 6.07) is 0. The van der Waals surface area contributed by atoms with Gasteiger partial charge in [0.05, 0.1) is 19.3 Å². The monoisotopic (exact) mass is 590 g/mol. The molecule has 40 heavy (non-hydrogen) atoms. The van der Waals surface area contributed by atoms with E-state index in [1.54, 1.807) is 0 Å². The van der Waals surface area contributed by atoms with Gasteiger partial charge in [0.25, 0.3) is 0 Å². The molecule has 4 saturated carbocycles. The average molecular weight is 591 g/mol. The fourth-order valence-corrected chi connectivity index (χ4v) is 12.7. The summed E-state index contributed by atoms with van der Waals surface area (Å²) in [7, 11) is -3.93. The summed E-state index contributed by atoms with van der Waals surface area (Å²) >= 11 is 0. The van der Waals surface area contributed by atoms with Gasteiger partial charge in [0, 0.05) is 29.3 Å². The van der Waals surface area contributed by atoms with E-state index in [9.17, 15) is 4.79 Å². The second-order valence-electron chi connectivity index (χ2n) is 18.5. The van der Waals surface area contributed by atoms with Crippen LogP contribution in [0.1, 0.15) is 107 Å². The molecule has 4 aliphatic carbocycles. The van der Waals surface area contributed by atoms with Gasteiger partial charge in [-0.2, -0.15) is 0 Å². The number of carbonyl (C=O) groups is 1. The van der Waals surface area contributed by atoms with Crippen LogP contribution >= 0.6 is 0 Å². The number of carbonyl (C=O) groups excluding carboxylic acids is 1. The van der Waals surface area contributed by atoms with E-state index >= 15 is 0 Å². The topological polar surface area (TPSA) is 44.8 Å². The Bertz CT molecular complexity index is 996. The molecule has 230 valence electrons. The summed E-state index contributed by atoms with van der Waals surface area (Å²) in [6.45, 7) is 31.4. The Morgan fingerprint density at radius 2 is 1.50 bits per heavy atom. The van der Waals surface area contributed by atoms with Crippen molar-refractivity contribution in [3.05, 3.63) is 0 Å². The van der Waals surface area contributed by atoms with E-state index in [0.717, 1.165) is 51.9 Å². The lowest BCUT2D eigenvalue weighted by Crippen LogP contribution is -2.72. The van der Waals surface area contributed by atoms with Crippen LogP contribution in [0.4, 0.5) is 0 Å². The zero-order chi connectivity index (χ0) is 29.8. The maximum Gasteiger partial charge on any atom is 0.192 e. The molecule has 1 aliphatic heterocycles. The third kappa shape index (κ3) is 4.37. The van der Waals surface area contributed by atoms with Crippen molar-refractivity contribution in [3.8, 4) is 0 Å². The second kappa shape index (κ2) is 9.49. The molecule has 8 atom stereocenters. The summed E-state index contributed by atoms with van der Waals surface area (Å²) < 4.78 is 21.4. The minimum Gasteiger partial charge on any atom is -0.416 e. The average Bonchev–Trinajstić information content (AvgIpc) is 3.11. The van der Waals surface area contributed by atoms with E-state index in [2.05, 4.69) is 81.6 Å². The minimum absolute atomic E-state index is 0.00917. The molecule has 0 aromatic rings. The highest BCUT2D eigenvalue weighted by atomic mass is 28.4. The zero-order valence-corrected chi connectivity index (χ0v) is 30.2. The van der Waals surface area contributed by atoms with E-state index in [1.165, 1.54) is 19.3 Å². The fourth-order valence-electron chi connectivity index (χ4n) is 10.2. The first-order valence-corrected chi connectivity index (χ1v) is 22.4. The molecule has 0 N–H and O–H groups in total. The van der Waals surface area contributed by atoms with Gasteiger partial charge < -0.3 is 13.6 Å². The van der Waals surface area contributed by atoms with Gasteiger partial charge in [0.1, 0.15) is 5.78 Å². The third-order valence-electron chi connectivity index (χ3n) is 14.6. The predicted octanol–water partition coefficient (Wildman–Crippen LogP) is 9.01. The molecule has 5 fully saturated rings. The van der Waals surface area contributed by atoms with E-state index in [1.807, 2.05) is 0 Å². The second-order valence-corrected chi connectivity index (χ2v) is 28.1. The maximum atomic E-state index is 13.4. The van der Waals surface area contributed by atoms with Crippen LogP contribution in [0.25, 0.3) is 0 Å². The molecule has 0 aromatic heterocycles. The molecular weight excluding hydrogens is 529 g/mol. The Hall–Kier alpha value is -0.0162. The van der Waals surface area contributed by atoms with Gasteiger partial charge in [-0.15, -0.1) is 0 Å². The molecule has 2 bridgehead atoms. The standard InChI is InChI=1S/C34H62O4Si2/c1-29(2,3)39(9,10)37-22-33-17-13-18-34(23-36-21-33)25-16-19-31(7)24(14-15-27(31)35)32(25,8)28(20-26(33)34)38-40(11,12)30(4,5)6/h24-26,28H,13-23H2,1-12H3/t24-,25+,26+,28-,31-,32+,33?,34?/m1/s1. The zero-order valence-electron chi connectivity index (χ0n) is 28.2. The van der Waals surface area contributed by atoms with Crippen molar-refractivity contribution >= 4 is 22.4 Å². The molecule has 6 heteroatoms. The van der Waals surface area contributed by atoms with Gasteiger partial charge in [-0.1, -0.05) is 61.8 Å². The van der Waals surface area contributed by atoms with Crippen molar-refractivity contribution in [1.29, 1.82) is 0 Å². The van der Waals surface area contributed by atoms with Gasteiger partial charge >= 0.3 is 0 Å². The van der Waals surface area contributed by atoms with Crippen LogP contribution in [0.3, 0.4) is 0 Å². The molecule has 5 aliphatic rings. The fraction of sp³-hybridized carbons (Fsp3) is 0.971.